The molecule has 2 aromatic heterocycles. The summed E-state index contributed by atoms with van der Waals surface area (Å²) in [6, 6.07) is 15.5. The number of piperidine rings is 1. The van der Waals surface area contributed by atoms with E-state index in [9.17, 15) is 9.59 Å². The second-order valence-corrected chi connectivity index (χ2v) is 8.77. The molecule has 8 heteroatoms. The van der Waals surface area contributed by atoms with Crippen LogP contribution in [0.25, 0.3) is 21.3 Å². The summed E-state index contributed by atoms with van der Waals surface area (Å²) >= 11 is 1.49. The Kier molecular flexibility index (Phi) is 4.88. The molecule has 7 nitrogen and oxygen atoms in total. The molecule has 1 amide bonds. The number of aromatic amines is 1. The number of carbonyl (C=O) groups excluding carboxylic acids is 1. The van der Waals surface area contributed by atoms with Crippen molar-refractivity contribution in [2.75, 3.05) is 18.4 Å². The predicted molar refractivity (Wildman–Crippen MR) is 120 cm³/mol. The lowest BCUT2D eigenvalue weighted by Gasteiger charge is -2.35. The van der Waals surface area contributed by atoms with E-state index in [4.69, 9.17) is 0 Å². The Labute approximate surface area is 177 Å². The van der Waals surface area contributed by atoms with E-state index in [1.807, 2.05) is 60.0 Å². The smallest absolute Gasteiger partial charge is 0.306 e. The van der Waals surface area contributed by atoms with Crippen LogP contribution in [0.3, 0.4) is 0 Å². The van der Waals surface area contributed by atoms with Crippen molar-refractivity contribution < 1.29 is 4.79 Å². The number of hydrogen-bond acceptors (Lipinski definition) is 5. The Morgan fingerprint density at radius 1 is 1.17 bits per heavy atom. The molecule has 0 spiro atoms. The topological polar surface area (TPSA) is 83.0 Å². The number of rotatable bonds is 4. The number of nitrogens with zero attached hydrogens (tertiary/aromatic N) is 3. The van der Waals surface area contributed by atoms with Crippen LogP contribution in [0.4, 0.5) is 5.13 Å². The molecule has 0 radical (unpaired) electrons. The van der Waals surface area contributed by atoms with Gasteiger partial charge in [0.2, 0.25) is 5.91 Å². The maximum atomic E-state index is 12.8. The third-order valence-electron chi connectivity index (χ3n) is 5.94. The van der Waals surface area contributed by atoms with Gasteiger partial charge in [-0.25, -0.2) is 9.78 Å². The minimum Gasteiger partial charge on any atom is -0.306 e. The number of thiazole rings is 1. The van der Waals surface area contributed by atoms with E-state index in [1.165, 1.54) is 11.3 Å². The molecular weight excluding hydrogens is 398 g/mol. The molecule has 2 aromatic carbocycles. The average molecular weight is 422 g/mol. The van der Waals surface area contributed by atoms with Gasteiger partial charge in [-0.15, -0.1) is 0 Å². The summed E-state index contributed by atoms with van der Waals surface area (Å²) in [6.07, 6.45) is 1.67. The molecule has 3 heterocycles. The summed E-state index contributed by atoms with van der Waals surface area (Å²) in [5.41, 5.74) is 2.66. The second kappa shape index (κ2) is 7.70. The standard InChI is InChI=1S/C22H23N5O2S/c1-14(20(28)25-21-23-17-7-3-5-9-19(17)30-21)26-12-10-15(11-13-26)27-18-8-4-2-6-16(18)24-22(27)29/h2-9,14-15H,10-13H2,1H3,(H,24,29)(H,23,25,28). The Morgan fingerprint density at radius 2 is 1.90 bits per heavy atom. The van der Waals surface area contributed by atoms with Gasteiger partial charge >= 0.3 is 5.69 Å². The Hall–Kier alpha value is -2.97. The number of carbonyl (C=O) groups is 1. The van der Waals surface area contributed by atoms with Gasteiger partial charge in [0.1, 0.15) is 0 Å². The summed E-state index contributed by atoms with van der Waals surface area (Å²) in [6.45, 7) is 3.47. The SMILES string of the molecule is CC(C(=O)Nc1nc2ccccc2s1)N1CCC(n2c(=O)[nH]c3ccccc32)CC1. The molecule has 30 heavy (non-hydrogen) atoms. The highest BCUT2D eigenvalue weighted by atomic mass is 32.1. The van der Waals surface area contributed by atoms with E-state index in [0.717, 1.165) is 47.2 Å². The van der Waals surface area contributed by atoms with Crippen LogP contribution in [0.5, 0.6) is 0 Å². The molecule has 1 saturated heterocycles. The van der Waals surface area contributed by atoms with Crippen molar-refractivity contribution in [1.29, 1.82) is 0 Å². The van der Waals surface area contributed by atoms with E-state index in [-0.39, 0.29) is 23.7 Å². The molecule has 1 atom stereocenters. The van der Waals surface area contributed by atoms with Gasteiger partial charge in [-0.1, -0.05) is 35.6 Å². The molecule has 4 aromatic rings. The number of fused-ring (bicyclic) bond motifs is 2. The quantitative estimate of drug-likeness (QED) is 0.527. The molecular formula is C22H23N5O2S. The normalized spacial score (nSPS) is 16.8. The highest BCUT2D eigenvalue weighted by Gasteiger charge is 2.29. The summed E-state index contributed by atoms with van der Waals surface area (Å²) in [4.78, 5) is 34.9. The average Bonchev–Trinajstić information content (AvgIpc) is 3.32. The number of aromatic nitrogens is 3. The minimum absolute atomic E-state index is 0.0447. The summed E-state index contributed by atoms with van der Waals surface area (Å²) in [5.74, 6) is -0.0447. The molecule has 0 aliphatic carbocycles. The second-order valence-electron chi connectivity index (χ2n) is 7.74. The van der Waals surface area contributed by atoms with Crippen molar-refractivity contribution in [3.8, 4) is 0 Å². The first kappa shape index (κ1) is 19.0. The highest BCUT2D eigenvalue weighted by Crippen LogP contribution is 2.28. The number of benzene rings is 2. The van der Waals surface area contributed by atoms with Gasteiger partial charge in [-0.05, 0) is 44.0 Å². The van der Waals surface area contributed by atoms with Crippen LogP contribution in [0.15, 0.2) is 53.3 Å². The van der Waals surface area contributed by atoms with Crippen LogP contribution in [0.2, 0.25) is 0 Å². The van der Waals surface area contributed by atoms with Crippen LogP contribution < -0.4 is 11.0 Å². The molecule has 1 fully saturated rings. The van der Waals surface area contributed by atoms with Crippen molar-refractivity contribution in [3.63, 3.8) is 0 Å². The minimum atomic E-state index is -0.252. The number of imidazole rings is 1. The third-order valence-corrected chi connectivity index (χ3v) is 6.89. The molecule has 1 aliphatic rings. The summed E-state index contributed by atoms with van der Waals surface area (Å²) in [7, 11) is 0. The van der Waals surface area contributed by atoms with E-state index in [1.54, 1.807) is 0 Å². The van der Waals surface area contributed by atoms with Gasteiger partial charge in [0.25, 0.3) is 0 Å². The zero-order valence-electron chi connectivity index (χ0n) is 16.7. The largest absolute Gasteiger partial charge is 0.326 e. The highest BCUT2D eigenvalue weighted by molar-refractivity contribution is 7.22. The first-order chi connectivity index (χ1) is 14.6. The lowest BCUT2D eigenvalue weighted by molar-refractivity contribution is -0.121. The van der Waals surface area contributed by atoms with Crippen LogP contribution >= 0.6 is 11.3 Å². The molecule has 0 bridgehead atoms. The number of H-pyrrole nitrogens is 1. The van der Waals surface area contributed by atoms with Crippen LogP contribution in [0.1, 0.15) is 25.8 Å². The fourth-order valence-electron chi connectivity index (χ4n) is 4.27. The zero-order valence-corrected chi connectivity index (χ0v) is 17.5. The van der Waals surface area contributed by atoms with E-state index < -0.39 is 0 Å². The number of anilines is 1. The monoisotopic (exact) mass is 421 g/mol. The number of amides is 1. The van der Waals surface area contributed by atoms with Gasteiger partial charge in [-0.2, -0.15) is 0 Å². The zero-order chi connectivity index (χ0) is 20.7. The van der Waals surface area contributed by atoms with E-state index in [0.29, 0.717) is 5.13 Å². The van der Waals surface area contributed by atoms with Gasteiger partial charge in [0.15, 0.2) is 5.13 Å². The fourth-order valence-corrected chi connectivity index (χ4v) is 5.14. The Morgan fingerprint density at radius 3 is 2.70 bits per heavy atom. The number of nitrogens with one attached hydrogen (secondary N) is 2. The van der Waals surface area contributed by atoms with Crippen LogP contribution in [-0.2, 0) is 4.79 Å². The van der Waals surface area contributed by atoms with Gasteiger partial charge in [0, 0.05) is 19.1 Å². The lowest BCUT2D eigenvalue weighted by Crippen LogP contribution is -2.46. The predicted octanol–water partition coefficient (Wildman–Crippen LogP) is 3.60. The van der Waals surface area contributed by atoms with E-state index in [2.05, 4.69) is 20.2 Å². The number of likely N-dealkylation sites (tertiary alicyclic amines) is 1. The number of hydrogen-bond donors (Lipinski definition) is 2. The van der Waals surface area contributed by atoms with Crippen molar-refractivity contribution in [3.05, 3.63) is 59.0 Å². The Balaban J connectivity index is 1.25. The maximum absolute atomic E-state index is 12.8. The van der Waals surface area contributed by atoms with Crippen LogP contribution in [0, 0.1) is 0 Å². The van der Waals surface area contributed by atoms with Crippen molar-refractivity contribution >= 4 is 43.6 Å². The molecule has 1 unspecified atom stereocenters. The van der Waals surface area contributed by atoms with Gasteiger partial charge in [-0.3, -0.25) is 14.3 Å². The molecule has 1 aliphatic heterocycles. The molecule has 2 N–H and O–H groups in total. The lowest BCUT2D eigenvalue weighted by atomic mass is 10.0. The molecule has 154 valence electrons. The van der Waals surface area contributed by atoms with Gasteiger partial charge in [0.05, 0.1) is 27.3 Å². The van der Waals surface area contributed by atoms with Crippen molar-refractivity contribution in [2.24, 2.45) is 0 Å². The fraction of sp³-hybridized carbons (Fsp3) is 0.318. The van der Waals surface area contributed by atoms with Crippen molar-refractivity contribution in [2.45, 2.75) is 31.8 Å². The molecule has 0 saturated carbocycles. The Bertz CT molecular complexity index is 1230. The van der Waals surface area contributed by atoms with E-state index >= 15 is 0 Å². The van der Waals surface area contributed by atoms with Crippen molar-refractivity contribution in [1.82, 2.24) is 19.4 Å². The molecule has 5 rings (SSSR count). The third kappa shape index (κ3) is 3.42. The first-order valence-electron chi connectivity index (χ1n) is 10.2. The van der Waals surface area contributed by atoms with Gasteiger partial charge < -0.3 is 10.3 Å². The maximum Gasteiger partial charge on any atom is 0.326 e. The summed E-state index contributed by atoms with van der Waals surface area (Å²) < 4.78 is 2.93. The number of para-hydroxylation sites is 3. The first-order valence-corrected chi connectivity index (χ1v) is 11.0. The van der Waals surface area contributed by atoms with Crippen LogP contribution in [-0.4, -0.2) is 44.5 Å². The summed E-state index contributed by atoms with van der Waals surface area (Å²) in [5, 5.41) is 3.60.